The van der Waals surface area contributed by atoms with E-state index >= 15 is 0 Å². The van der Waals surface area contributed by atoms with Crippen LogP contribution in [0, 0.1) is 6.92 Å². The summed E-state index contributed by atoms with van der Waals surface area (Å²) < 4.78 is 29.5. The largest absolute Gasteiger partial charge is 0.423 e. The maximum absolute atomic E-state index is 11.3. The van der Waals surface area contributed by atoms with Gasteiger partial charge in [-0.05, 0) is 37.6 Å². The van der Waals surface area contributed by atoms with E-state index in [9.17, 15) is 13.2 Å². The smallest absolute Gasteiger partial charge is 0.338 e. The molecule has 0 aliphatic carbocycles. The number of carbonyl (C=O) groups excluding carboxylic acids is 1. The standard InChI is InChI=1S/C12H15NO4S/c1-8(2)12(14)17-11-6-5-10(7-9(11)3)13-18(4,15)16/h5-7,13H,1H2,2-4H3. The van der Waals surface area contributed by atoms with Crippen molar-refractivity contribution in [2.24, 2.45) is 0 Å². The number of aryl methyl sites for hydroxylation is 1. The highest BCUT2D eigenvalue weighted by Crippen LogP contribution is 2.23. The SMILES string of the molecule is C=C(C)C(=O)Oc1ccc(NS(C)(=O)=O)cc1C. The molecule has 5 nitrogen and oxygen atoms in total. The molecule has 1 rings (SSSR count). The summed E-state index contributed by atoms with van der Waals surface area (Å²) in [6, 6.07) is 4.64. The van der Waals surface area contributed by atoms with Crippen LogP contribution in [0.4, 0.5) is 5.69 Å². The number of benzene rings is 1. The number of ether oxygens (including phenoxy) is 1. The van der Waals surface area contributed by atoms with Crippen LogP contribution >= 0.6 is 0 Å². The van der Waals surface area contributed by atoms with Gasteiger partial charge >= 0.3 is 5.97 Å². The van der Waals surface area contributed by atoms with Gasteiger partial charge in [-0.3, -0.25) is 4.72 Å². The van der Waals surface area contributed by atoms with Crippen LogP contribution in [-0.4, -0.2) is 20.6 Å². The summed E-state index contributed by atoms with van der Waals surface area (Å²) >= 11 is 0. The van der Waals surface area contributed by atoms with Crippen LogP contribution in [0.25, 0.3) is 0 Å². The summed E-state index contributed by atoms with van der Waals surface area (Å²) in [5, 5.41) is 0. The van der Waals surface area contributed by atoms with E-state index in [-0.39, 0.29) is 0 Å². The fourth-order valence-corrected chi connectivity index (χ4v) is 1.78. The second-order valence-corrected chi connectivity index (χ2v) is 5.77. The average molecular weight is 269 g/mol. The van der Waals surface area contributed by atoms with Crippen molar-refractivity contribution in [1.82, 2.24) is 0 Å². The minimum absolute atomic E-state index is 0.299. The van der Waals surface area contributed by atoms with Gasteiger partial charge in [0, 0.05) is 11.3 Å². The third kappa shape index (κ3) is 4.21. The Morgan fingerprint density at radius 1 is 1.39 bits per heavy atom. The number of rotatable bonds is 4. The predicted molar refractivity (Wildman–Crippen MR) is 70.1 cm³/mol. The summed E-state index contributed by atoms with van der Waals surface area (Å²) in [5.74, 6) is -0.135. The molecule has 0 saturated heterocycles. The molecule has 0 radical (unpaired) electrons. The molecule has 98 valence electrons. The summed E-state index contributed by atoms with van der Waals surface area (Å²) in [4.78, 5) is 11.3. The maximum atomic E-state index is 11.3. The molecule has 18 heavy (non-hydrogen) atoms. The summed E-state index contributed by atoms with van der Waals surface area (Å²) in [6.07, 6.45) is 1.07. The number of hydrogen-bond donors (Lipinski definition) is 1. The lowest BCUT2D eigenvalue weighted by Gasteiger charge is -2.09. The third-order valence-electron chi connectivity index (χ3n) is 2.03. The average Bonchev–Trinajstić information content (AvgIpc) is 2.19. The minimum Gasteiger partial charge on any atom is -0.423 e. The Hall–Kier alpha value is -1.82. The van der Waals surface area contributed by atoms with Gasteiger partial charge in [-0.1, -0.05) is 6.58 Å². The molecular weight excluding hydrogens is 254 g/mol. The van der Waals surface area contributed by atoms with E-state index in [1.807, 2.05) is 0 Å². The second kappa shape index (κ2) is 5.22. The Bertz CT molecular complexity index is 590. The predicted octanol–water partition coefficient (Wildman–Crippen LogP) is 1.85. The molecule has 0 heterocycles. The van der Waals surface area contributed by atoms with Crippen molar-refractivity contribution in [2.75, 3.05) is 11.0 Å². The molecule has 0 aliphatic rings. The zero-order valence-electron chi connectivity index (χ0n) is 10.5. The first-order chi connectivity index (χ1) is 8.19. The molecule has 0 amide bonds. The fourth-order valence-electron chi connectivity index (χ4n) is 1.23. The van der Waals surface area contributed by atoms with E-state index in [0.29, 0.717) is 22.6 Å². The van der Waals surface area contributed by atoms with Gasteiger partial charge in [0.15, 0.2) is 0 Å². The lowest BCUT2D eigenvalue weighted by molar-refractivity contribution is -0.130. The van der Waals surface area contributed by atoms with Crippen LogP contribution in [0.3, 0.4) is 0 Å². The first-order valence-electron chi connectivity index (χ1n) is 5.15. The Morgan fingerprint density at radius 2 is 2.00 bits per heavy atom. The monoisotopic (exact) mass is 269 g/mol. The van der Waals surface area contributed by atoms with Gasteiger partial charge < -0.3 is 4.74 Å². The lowest BCUT2D eigenvalue weighted by atomic mass is 10.2. The number of carbonyl (C=O) groups is 1. The molecule has 1 aromatic carbocycles. The molecule has 0 unspecified atom stereocenters. The summed E-state index contributed by atoms with van der Waals surface area (Å²) in [5.41, 5.74) is 1.37. The third-order valence-corrected chi connectivity index (χ3v) is 2.64. The van der Waals surface area contributed by atoms with Crippen molar-refractivity contribution >= 4 is 21.7 Å². The van der Waals surface area contributed by atoms with Crippen LogP contribution in [0.15, 0.2) is 30.4 Å². The Balaban J connectivity index is 2.93. The van der Waals surface area contributed by atoms with E-state index in [1.165, 1.54) is 12.1 Å². The summed E-state index contributed by atoms with van der Waals surface area (Å²) in [6.45, 7) is 6.75. The van der Waals surface area contributed by atoms with Crippen molar-refractivity contribution in [1.29, 1.82) is 0 Å². The second-order valence-electron chi connectivity index (χ2n) is 4.02. The topological polar surface area (TPSA) is 72.5 Å². The van der Waals surface area contributed by atoms with E-state index in [4.69, 9.17) is 4.74 Å². The zero-order valence-corrected chi connectivity index (χ0v) is 11.3. The molecule has 0 aliphatic heterocycles. The van der Waals surface area contributed by atoms with Crippen LogP contribution in [0.2, 0.25) is 0 Å². The van der Waals surface area contributed by atoms with Crippen molar-refractivity contribution in [3.63, 3.8) is 0 Å². The van der Waals surface area contributed by atoms with Gasteiger partial charge in [0.05, 0.1) is 6.26 Å². The van der Waals surface area contributed by atoms with Crippen molar-refractivity contribution in [3.8, 4) is 5.75 Å². The first-order valence-corrected chi connectivity index (χ1v) is 7.04. The number of esters is 1. The number of nitrogens with one attached hydrogen (secondary N) is 1. The highest BCUT2D eigenvalue weighted by molar-refractivity contribution is 7.92. The van der Waals surface area contributed by atoms with Gasteiger partial charge in [-0.25, -0.2) is 13.2 Å². The Kier molecular flexibility index (Phi) is 4.13. The highest BCUT2D eigenvalue weighted by atomic mass is 32.2. The molecule has 1 aromatic rings. The van der Waals surface area contributed by atoms with E-state index in [0.717, 1.165) is 6.26 Å². The van der Waals surface area contributed by atoms with Gasteiger partial charge in [-0.15, -0.1) is 0 Å². The van der Waals surface area contributed by atoms with Gasteiger partial charge in [0.1, 0.15) is 5.75 Å². The van der Waals surface area contributed by atoms with E-state index in [1.54, 1.807) is 19.9 Å². The van der Waals surface area contributed by atoms with Crippen LogP contribution in [0.5, 0.6) is 5.75 Å². The van der Waals surface area contributed by atoms with Gasteiger partial charge in [0.2, 0.25) is 10.0 Å². The van der Waals surface area contributed by atoms with E-state index in [2.05, 4.69) is 11.3 Å². The quantitative estimate of drug-likeness (QED) is 0.514. The molecule has 0 atom stereocenters. The van der Waals surface area contributed by atoms with Crippen molar-refractivity contribution < 1.29 is 17.9 Å². The molecule has 6 heteroatoms. The molecule has 0 spiro atoms. The van der Waals surface area contributed by atoms with Crippen LogP contribution in [-0.2, 0) is 14.8 Å². The molecule has 0 aromatic heterocycles. The Labute approximate surface area is 107 Å². The number of sulfonamides is 1. The number of hydrogen-bond acceptors (Lipinski definition) is 4. The van der Waals surface area contributed by atoms with Gasteiger partial charge in [0.25, 0.3) is 0 Å². The maximum Gasteiger partial charge on any atom is 0.338 e. The van der Waals surface area contributed by atoms with Crippen molar-refractivity contribution in [2.45, 2.75) is 13.8 Å². The van der Waals surface area contributed by atoms with Crippen LogP contribution < -0.4 is 9.46 Å². The lowest BCUT2D eigenvalue weighted by Crippen LogP contribution is -2.11. The van der Waals surface area contributed by atoms with Crippen molar-refractivity contribution in [3.05, 3.63) is 35.9 Å². The minimum atomic E-state index is -3.32. The normalized spacial score (nSPS) is 10.8. The molecule has 0 saturated carbocycles. The highest BCUT2D eigenvalue weighted by Gasteiger charge is 2.09. The van der Waals surface area contributed by atoms with Gasteiger partial charge in [-0.2, -0.15) is 0 Å². The molecule has 0 fully saturated rings. The number of anilines is 1. The van der Waals surface area contributed by atoms with Crippen LogP contribution in [0.1, 0.15) is 12.5 Å². The molecule has 1 N–H and O–H groups in total. The van der Waals surface area contributed by atoms with E-state index < -0.39 is 16.0 Å². The fraction of sp³-hybridized carbons (Fsp3) is 0.250. The first kappa shape index (κ1) is 14.2. The Morgan fingerprint density at radius 3 is 2.44 bits per heavy atom. The molecular formula is C12H15NO4S. The zero-order chi connectivity index (χ0) is 13.9. The summed E-state index contributed by atoms with van der Waals surface area (Å²) in [7, 11) is -3.32. The molecule has 0 bridgehead atoms.